The van der Waals surface area contributed by atoms with Gasteiger partial charge in [0.1, 0.15) is 6.04 Å². The summed E-state index contributed by atoms with van der Waals surface area (Å²) in [5.41, 5.74) is 0.977. The normalized spacial score (nSPS) is 19.2. The molecule has 3 amide bonds. The van der Waals surface area contributed by atoms with Crippen LogP contribution in [-0.4, -0.2) is 87.8 Å². The van der Waals surface area contributed by atoms with Gasteiger partial charge in [0.2, 0.25) is 21.8 Å². The lowest BCUT2D eigenvalue weighted by Crippen LogP contribution is -2.57. The number of anilines is 1. The number of sulfonamides is 1. The first-order valence-electron chi connectivity index (χ1n) is 13.6. The maximum Gasteiger partial charge on any atom is 0.261 e. The molecule has 1 aromatic heterocycles. The Labute approximate surface area is 243 Å². The molecule has 0 radical (unpaired) electrons. The van der Waals surface area contributed by atoms with E-state index in [1.807, 2.05) is 0 Å². The van der Waals surface area contributed by atoms with Crippen molar-refractivity contribution < 1.29 is 22.8 Å². The van der Waals surface area contributed by atoms with Crippen LogP contribution in [0.2, 0.25) is 4.34 Å². The minimum Gasteiger partial charge on any atom is -0.349 e. The highest BCUT2D eigenvalue weighted by molar-refractivity contribution is 7.89. The van der Waals surface area contributed by atoms with Gasteiger partial charge in [0.25, 0.3) is 5.91 Å². The van der Waals surface area contributed by atoms with Crippen molar-refractivity contribution in [1.29, 1.82) is 0 Å². The van der Waals surface area contributed by atoms with Crippen molar-refractivity contribution in [3.05, 3.63) is 45.1 Å². The Hall–Kier alpha value is -2.51. The van der Waals surface area contributed by atoms with E-state index in [0.717, 1.165) is 36.9 Å². The minimum absolute atomic E-state index is 0.00637. The fraction of sp³-hybridized carbons (Fsp3) is 0.519. The molecule has 13 heteroatoms. The van der Waals surface area contributed by atoms with E-state index in [9.17, 15) is 22.8 Å². The molecule has 1 atom stereocenters. The SMILES string of the molecule is Cc1c(N2CCCC2=O)cccc1S(=O)(=O)N[C@@H](CNC(=O)c1ccc(Cl)s1)C(=O)N1CCN(CC2CC2)CC1. The molecule has 1 aromatic carbocycles. The van der Waals surface area contributed by atoms with Gasteiger partial charge in [-0.05, 0) is 61.9 Å². The number of thiophene rings is 1. The van der Waals surface area contributed by atoms with Gasteiger partial charge in [-0.15, -0.1) is 11.3 Å². The molecule has 0 spiro atoms. The first kappa shape index (κ1) is 29.0. The van der Waals surface area contributed by atoms with Crippen LogP contribution < -0.4 is 14.9 Å². The maximum atomic E-state index is 13.7. The smallest absolute Gasteiger partial charge is 0.261 e. The zero-order valence-corrected chi connectivity index (χ0v) is 24.8. The molecular formula is C27H34ClN5O5S2. The molecule has 2 N–H and O–H groups in total. The molecule has 3 heterocycles. The van der Waals surface area contributed by atoms with Gasteiger partial charge in [0.05, 0.1) is 14.1 Å². The van der Waals surface area contributed by atoms with E-state index in [1.54, 1.807) is 41.0 Å². The second kappa shape index (κ2) is 12.2. The summed E-state index contributed by atoms with van der Waals surface area (Å²) in [6, 6.07) is 6.77. The third kappa shape index (κ3) is 6.68. The summed E-state index contributed by atoms with van der Waals surface area (Å²) in [6.07, 6.45) is 3.65. The Bertz CT molecular complexity index is 1390. The Balaban J connectivity index is 1.34. The number of benzene rings is 1. The number of nitrogens with one attached hydrogen (secondary N) is 2. The molecule has 2 saturated heterocycles. The standard InChI is InChI=1S/C27H34ClN5O5S2/c1-18-21(33-11-3-6-25(33)34)4-2-5-23(18)40(37,38)30-20(16-29-26(35)22-9-10-24(28)39-22)27(36)32-14-12-31(13-15-32)17-19-7-8-19/h2,4-5,9-10,19-20,30H,3,6-8,11-17H2,1H3,(H,29,35)/t20-/m0/s1. The van der Waals surface area contributed by atoms with Crippen molar-refractivity contribution >= 4 is 56.4 Å². The van der Waals surface area contributed by atoms with Gasteiger partial charge >= 0.3 is 0 Å². The van der Waals surface area contributed by atoms with Crippen molar-refractivity contribution in [3.8, 4) is 0 Å². The van der Waals surface area contributed by atoms with Crippen LogP contribution in [0.5, 0.6) is 0 Å². The number of nitrogens with zero attached hydrogens (tertiary/aromatic N) is 3. The zero-order valence-electron chi connectivity index (χ0n) is 22.4. The van der Waals surface area contributed by atoms with Gasteiger partial charge in [-0.1, -0.05) is 17.7 Å². The number of hydrogen-bond acceptors (Lipinski definition) is 7. The molecule has 1 saturated carbocycles. The average molecular weight is 608 g/mol. The highest BCUT2D eigenvalue weighted by Crippen LogP contribution is 2.31. The topological polar surface area (TPSA) is 119 Å². The van der Waals surface area contributed by atoms with Crippen LogP contribution in [0.25, 0.3) is 0 Å². The van der Waals surface area contributed by atoms with E-state index in [-0.39, 0.29) is 23.3 Å². The van der Waals surface area contributed by atoms with Crippen LogP contribution in [0, 0.1) is 12.8 Å². The number of hydrogen-bond donors (Lipinski definition) is 2. The van der Waals surface area contributed by atoms with E-state index in [4.69, 9.17) is 11.6 Å². The lowest BCUT2D eigenvalue weighted by molar-refractivity contribution is -0.134. The summed E-state index contributed by atoms with van der Waals surface area (Å²) in [5.74, 6) is -0.120. The molecule has 5 rings (SSSR count). The Morgan fingerprint density at radius 2 is 1.85 bits per heavy atom. The predicted molar refractivity (Wildman–Crippen MR) is 154 cm³/mol. The number of amides is 3. The van der Waals surface area contributed by atoms with Crippen molar-refractivity contribution in [2.24, 2.45) is 5.92 Å². The van der Waals surface area contributed by atoms with E-state index in [0.29, 0.717) is 52.9 Å². The monoisotopic (exact) mass is 607 g/mol. The van der Waals surface area contributed by atoms with Crippen molar-refractivity contribution in [2.45, 2.75) is 43.5 Å². The fourth-order valence-electron chi connectivity index (χ4n) is 5.27. The molecule has 216 valence electrons. The van der Waals surface area contributed by atoms with Gasteiger partial charge < -0.3 is 15.1 Å². The predicted octanol–water partition coefficient (Wildman–Crippen LogP) is 2.47. The number of rotatable bonds is 10. The van der Waals surface area contributed by atoms with Gasteiger partial charge in [-0.2, -0.15) is 4.72 Å². The number of carbonyl (C=O) groups excluding carboxylic acids is 3. The Morgan fingerprint density at radius 3 is 2.48 bits per heavy atom. The maximum absolute atomic E-state index is 13.7. The third-order valence-corrected chi connectivity index (χ3v) is 10.5. The van der Waals surface area contributed by atoms with Crippen LogP contribution in [0.15, 0.2) is 35.2 Å². The van der Waals surface area contributed by atoms with Crippen LogP contribution in [0.3, 0.4) is 0 Å². The molecule has 3 aliphatic rings. The minimum atomic E-state index is -4.19. The summed E-state index contributed by atoms with van der Waals surface area (Å²) in [6.45, 7) is 5.44. The molecular weight excluding hydrogens is 574 g/mol. The van der Waals surface area contributed by atoms with Gasteiger partial charge in [0.15, 0.2) is 0 Å². The van der Waals surface area contributed by atoms with Crippen molar-refractivity contribution in [1.82, 2.24) is 19.8 Å². The van der Waals surface area contributed by atoms with E-state index < -0.39 is 22.0 Å². The van der Waals surface area contributed by atoms with Gasteiger partial charge in [0, 0.05) is 57.9 Å². The molecule has 3 fully saturated rings. The first-order valence-corrected chi connectivity index (χ1v) is 16.3. The average Bonchev–Trinajstić information content (AvgIpc) is 3.47. The van der Waals surface area contributed by atoms with Gasteiger partial charge in [-0.3, -0.25) is 19.3 Å². The molecule has 2 aromatic rings. The van der Waals surface area contributed by atoms with E-state index >= 15 is 0 Å². The molecule has 0 bridgehead atoms. The molecule has 40 heavy (non-hydrogen) atoms. The largest absolute Gasteiger partial charge is 0.349 e. The second-order valence-corrected chi connectivity index (χ2v) is 14.0. The third-order valence-electron chi connectivity index (χ3n) is 7.67. The number of piperazine rings is 1. The van der Waals surface area contributed by atoms with Crippen LogP contribution in [-0.2, 0) is 19.6 Å². The summed E-state index contributed by atoms with van der Waals surface area (Å²) in [7, 11) is -4.19. The first-order chi connectivity index (χ1) is 19.1. The number of carbonyl (C=O) groups is 3. The Morgan fingerprint density at radius 1 is 1.10 bits per heavy atom. The van der Waals surface area contributed by atoms with Crippen molar-refractivity contribution in [2.75, 3.05) is 50.7 Å². The molecule has 2 aliphatic heterocycles. The summed E-state index contributed by atoms with van der Waals surface area (Å²) < 4.78 is 30.4. The zero-order chi connectivity index (χ0) is 28.4. The highest BCUT2D eigenvalue weighted by Gasteiger charge is 2.34. The van der Waals surface area contributed by atoms with Crippen LogP contribution in [0.4, 0.5) is 5.69 Å². The molecule has 10 nitrogen and oxygen atoms in total. The lowest BCUT2D eigenvalue weighted by Gasteiger charge is -2.36. The Kier molecular flexibility index (Phi) is 8.81. The molecule has 1 aliphatic carbocycles. The lowest BCUT2D eigenvalue weighted by atomic mass is 10.2. The molecule has 0 unspecified atom stereocenters. The summed E-state index contributed by atoms with van der Waals surface area (Å²) in [4.78, 5) is 44.7. The van der Waals surface area contributed by atoms with Crippen LogP contribution >= 0.6 is 22.9 Å². The van der Waals surface area contributed by atoms with E-state index in [2.05, 4.69) is 14.9 Å². The van der Waals surface area contributed by atoms with E-state index in [1.165, 1.54) is 18.9 Å². The fourth-order valence-corrected chi connectivity index (χ4v) is 7.68. The second-order valence-electron chi connectivity index (χ2n) is 10.6. The number of halogens is 1. The van der Waals surface area contributed by atoms with Gasteiger partial charge in [-0.25, -0.2) is 8.42 Å². The summed E-state index contributed by atoms with van der Waals surface area (Å²) in [5, 5.41) is 2.70. The quantitative estimate of drug-likeness (QED) is 0.428. The summed E-state index contributed by atoms with van der Waals surface area (Å²) >= 11 is 7.06. The van der Waals surface area contributed by atoms with Crippen molar-refractivity contribution in [3.63, 3.8) is 0 Å². The van der Waals surface area contributed by atoms with Crippen LogP contribution in [0.1, 0.15) is 40.9 Å². The highest BCUT2D eigenvalue weighted by atomic mass is 35.5.